The molecule has 0 saturated carbocycles. The Morgan fingerprint density at radius 2 is 1.03 bits per heavy atom. The van der Waals surface area contributed by atoms with Gasteiger partial charge in [-0.2, -0.15) is 0 Å². The van der Waals surface area contributed by atoms with Crippen molar-refractivity contribution in [2.75, 3.05) is 6.61 Å². The summed E-state index contributed by atoms with van der Waals surface area (Å²) >= 11 is 1.01. The van der Waals surface area contributed by atoms with Crippen LogP contribution in [0.3, 0.4) is 0 Å². The Morgan fingerprint density at radius 3 is 1.36 bits per heavy atom. The van der Waals surface area contributed by atoms with Crippen molar-refractivity contribution in [3.63, 3.8) is 0 Å². The van der Waals surface area contributed by atoms with Crippen molar-refractivity contribution >= 4 is 65.2 Å². The van der Waals surface area contributed by atoms with Crippen molar-refractivity contribution in [2.24, 2.45) is 0 Å². The van der Waals surface area contributed by atoms with Gasteiger partial charge in [0.05, 0.1) is 0 Å². The number of hydrogen-bond acceptors (Lipinski definition) is 4. The molecule has 9 heteroatoms. The first-order valence-corrected chi connectivity index (χ1v) is 16.4. The van der Waals surface area contributed by atoms with Gasteiger partial charge in [-0.05, 0) is 0 Å². The zero-order valence-electron chi connectivity index (χ0n) is 23.5. The Balaban J connectivity index is 0.00000102. The van der Waals surface area contributed by atoms with Crippen LogP contribution in [0.4, 0.5) is 0 Å². The van der Waals surface area contributed by atoms with E-state index in [-0.39, 0.29) is 5.04 Å². The monoisotopic (exact) mass is 747 g/mol. The summed E-state index contributed by atoms with van der Waals surface area (Å²) in [6.07, 6.45) is 0. The number of para-hydroxylation sites is 1. The predicted octanol–water partition coefficient (Wildman–Crippen LogP) is 4.20. The van der Waals surface area contributed by atoms with E-state index in [1.807, 2.05) is 0 Å². The zero-order valence-corrected chi connectivity index (χ0v) is 28.4. The predicted molar refractivity (Wildman–Crippen MR) is 160 cm³/mol. The van der Waals surface area contributed by atoms with Crippen LogP contribution >= 0.6 is 0 Å². The molecule has 0 spiro atoms. The van der Waals surface area contributed by atoms with Gasteiger partial charge >= 0.3 is 181 Å². The van der Waals surface area contributed by atoms with Crippen molar-refractivity contribution in [2.45, 2.75) is 52.6 Å². The molecule has 0 aliphatic heterocycles. The third-order valence-corrected chi connectivity index (χ3v) is 13.2. The maximum atomic E-state index is 9.00. The van der Waals surface area contributed by atoms with E-state index in [0.717, 1.165) is 64.9 Å². The first kappa shape index (κ1) is 36.0. The van der Waals surface area contributed by atoms with Gasteiger partial charge in [0.25, 0.3) is 17.9 Å². The van der Waals surface area contributed by atoms with E-state index in [9.17, 15) is 0 Å². The van der Waals surface area contributed by atoms with Crippen LogP contribution in [0.25, 0.3) is 0 Å². The van der Waals surface area contributed by atoms with Crippen molar-refractivity contribution in [3.8, 4) is 5.75 Å². The molecule has 0 aliphatic carbocycles. The van der Waals surface area contributed by atoms with Crippen LogP contribution in [0.15, 0.2) is 84.9 Å². The number of ether oxygens (including phenoxy) is 1. The molecule has 0 bridgehead atoms. The summed E-state index contributed by atoms with van der Waals surface area (Å²) in [5.74, 6) is -1.44. The summed E-state index contributed by atoms with van der Waals surface area (Å²) in [6.45, 7) is 11.2. The standard InChI is InChI=1S/C24H27OSi.3C2H4O2.Pb/c1-24(2,3)26(22-15-9-5-10-16-22,23-17-11-6-12-18-23)20-19-25-21-13-7-4-8-14-21;3*1-2(3)4;/h4-13,15-18H,19-20H2,1-3H3;3*1H3,(H,3,4);. The van der Waals surface area contributed by atoms with E-state index in [1.165, 1.54) is 13.5 Å². The van der Waals surface area contributed by atoms with Gasteiger partial charge in [-0.3, -0.25) is 14.4 Å². The molecule has 3 N–H and O–H groups in total. The molecule has 209 valence electrons. The Hall–Kier alpha value is -2.99. The van der Waals surface area contributed by atoms with Gasteiger partial charge in [0.1, 0.15) is 0 Å². The summed E-state index contributed by atoms with van der Waals surface area (Å²) in [7, 11) is -2.03. The number of benzene rings is 3. The molecule has 0 atom stereocenters. The van der Waals surface area contributed by atoms with Gasteiger partial charge in [-0.1, -0.05) is 0 Å². The van der Waals surface area contributed by atoms with Gasteiger partial charge < -0.3 is 15.3 Å². The molecule has 0 unspecified atom stereocenters. The van der Waals surface area contributed by atoms with Crippen molar-refractivity contribution < 1.29 is 34.4 Å². The van der Waals surface area contributed by atoms with Gasteiger partial charge in [0, 0.05) is 20.8 Å². The number of hydrogen-bond donors (Lipinski definition) is 3. The molecular formula is C30H39O7PbSi. The Bertz CT molecular complexity index is 1070. The number of rotatable bonds is 6. The fraction of sp³-hybridized carbons (Fsp3) is 0.300. The Labute approximate surface area is 248 Å². The molecule has 3 aromatic carbocycles. The number of aliphatic carboxylic acids is 3. The normalized spacial score (nSPS) is 10.2. The first-order valence-electron chi connectivity index (χ1n) is 12.3. The van der Waals surface area contributed by atoms with Gasteiger partial charge in [-0.25, -0.2) is 0 Å². The third kappa shape index (κ3) is 14.1. The van der Waals surface area contributed by atoms with Crippen LogP contribution < -0.4 is 18.2 Å². The SMILES string of the molecule is CC(=O)O.CC(=O)O.CC(=O)O.CC(C)(C)[Si](CCOc1cccc[c]1[Pb])(c1ccccc1)c1ccccc1. The van der Waals surface area contributed by atoms with Crippen LogP contribution in [-0.4, -0.2) is 73.7 Å². The number of carbonyl (C=O) groups is 3. The molecule has 0 amide bonds. The molecule has 0 aromatic heterocycles. The van der Waals surface area contributed by atoms with E-state index < -0.39 is 26.0 Å². The first-order chi connectivity index (χ1) is 18.1. The molecule has 0 fully saturated rings. The molecular weight excluding hydrogens is 708 g/mol. The number of carboxylic acids is 3. The quantitative estimate of drug-likeness (QED) is 0.324. The summed E-state index contributed by atoms with van der Waals surface area (Å²) in [5, 5.41) is 25.4. The number of carboxylic acid groups (broad SMARTS) is 3. The average molecular weight is 747 g/mol. The van der Waals surface area contributed by atoms with Crippen LogP contribution in [0.1, 0.15) is 41.5 Å². The Kier molecular flexibility index (Phi) is 16.9. The van der Waals surface area contributed by atoms with E-state index >= 15 is 0 Å². The Morgan fingerprint density at radius 1 is 0.692 bits per heavy atom. The molecule has 3 radical (unpaired) electrons. The minimum absolute atomic E-state index is 0.180. The van der Waals surface area contributed by atoms with Crippen molar-refractivity contribution in [1.82, 2.24) is 0 Å². The zero-order chi connectivity index (χ0) is 30.1. The summed E-state index contributed by atoms with van der Waals surface area (Å²) < 4.78 is 7.63. The van der Waals surface area contributed by atoms with Crippen LogP contribution in [0.2, 0.25) is 11.1 Å². The maximum absolute atomic E-state index is 9.00. The second kappa shape index (κ2) is 18.3. The summed E-state index contributed by atoms with van der Waals surface area (Å²) in [4.78, 5) is 27.0. The van der Waals surface area contributed by atoms with Crippen LogP contribution in [-0.2, 0) is 14.4 Å². The van der Waals surface area contributed by atoms with E-state index in [4.69, 9.17) is 34.4 Å². The average Bonchev–Trinajstić information content (AvgIpc) is 2.82. The molecule has 39 heavy (non-hydrogen) atoms. The second-order valence-corrected chi connectivity index (χ2v) is 16.6. The molecule has 3 rings (SSSR count). The van der Waals surface area contributed by atoms with E-state index in [0.29, 0.717) is 0 Å². The third-order valence-electron chi connectivity index (χ3n) is 5.44. The van der Waals surface area contributed by atoms with Crippen molar-refractivity contribution in [3.05, 3.63) is 84.9 Å². The fourth-order valence-electron chi connectivity index (χ4n) is 4.05. The second-order valence-electron chi connectivity index (χ2n) is 9.54. The minimum atomic E-state index is -2.03. The molecule has 0 saturated heterocycles. The fourth-order valence-corrected chi connectivity index (χ4v) is 10.4. The topological polar surface area (TPSA) is 121 Å². The molecule has 7 nitrogen and oxygen atoms in total. The van der Waals surface area contributed by atoms with Crippen LogP contribution in [0, 0.1) is 0 Å². The van der Waals surface area contributed by atoms with E-state index in [2.05, 4.69) is 106 Å². The molecule has 0 aliphatic rings. The van der Waals surface area contributed by atoms with E-state index in [1.54, 1.807) is 0 Å². The van der Waals surface area contributed by atoms with Gasteiger partial charge in [0.2, 0.25) is 0 Å². The van der Waals surface area contributed by atoms with Gasteiger partial charge in [0.15, 0.2) is 0 Å². The van der Waals surface area contributed by atoms with Crippen LogP contribution in [0.5, 0.6) is 5.75 Å². The van der Waals surface area contributed by atoms with Crippen molar-refractivity contribution in [1.29, 1.82) is 0 Å². The molecule has 0 heterocycles. The molecule has 3 aromatic rings. The summed E-state index contributed by atoms with van der Waals surface area (Å²) in [5.41, 5.74) is 0. The van der Waals surface area contributed by atoms with Gasteiger partial charge in [-0.15, -0.1) is 0 Å². The summed E-state index contributed by atoms with van der Waals surface area (Å²) in [6, 6.07) is 31.8.